The third-order valence-corrected chi connectivity index (χ3v) is 5.05. The molecule has 1 fully saturated rings. The molecule has 3 nitrogen and oxygen atoms in total. The SMILES string of the molecule is CC(N)C(c1ccc(Cl)s1)N(C)CC1CCOCC1. The molecular weight excluding hydrogens is 280 g/mol. The molecule has 5 heteroatoms. The molecule has 0 bridgehead atoms. The van der Waals surface area contributed by atoms with E-state index in [-0.39, 0.29) is 12.1 Å². The molecule has 2 atom stereocenters. The van der Waals surface area contributed by atoms with Gasteiger partial charge in [-0.15, -0.1) is 11.3 Å². The number of rotatable bonds is 5. The van der Waals surface area contributed by atoms with Gasteiger partial charge in [0.1, 0.15) is 0 Å². The van der Waals surface area contributed by atoms with Gasteiger partial charge in [0.05, 0.1) is 10.4 Å². The Labute approximate surface area is 124 Å². The van der Waals surface area contributed by atoms with Crippen LogP contribution in [0.15, 0.2) is 12.1 Å². The summed E-state index contributed by atoms with van der Waals surface area (Å²) in [5.74, 6) is 0.718. The molecule has 0 saturated carbocycles. The van der Waals surface area contributed by atoms with Crippen molar-refractivity contribution in [2.24, 2.45) is 11.7 Å². The molecule has 2 unspecified atom stereocenters. The standard InChI is InChI=1S/C14H23ClN2OS/c1-10(16)14(12-3-4-13(15)19-12)17(2)9-11-5-7-18-8-6-11/h3-4,10-11,14H,5-9,16H2,1-2H3. The summed E-state index contributed by atoms with van der Waals surface area (Å²) in [6.45, 7) is 4.93. The summed E-state index contributed by atoms with van der Waals surface area (Å²) in [5, 5.41) is 0. The van der Waals surface area contributed by atoms with Gasteiger partial charge in [-0.1, -0.05) is 11.6 Å². The number of thiophene rings is 1. The number of hydrogen-bond acceptors (Lipinski definition) is 4. The van der Waals surface area contributed by atoms with Crippen molar-refractivity contribution in [1.29, 1.82) is 0 Å². The molecule has 2 rings (SSSR count). The van der Waals surface area contributed by atoms with Crippen LogP contribution in [-0.2, 0) is 4.74 Å². The smallest absolute Gasteiger partial charge is 0.0931 e. The monoisotopic (exact) mass is 302 g/mol. The van der Waals surface area contributed by atoms with Crippen LogP contribution in [0.3, 0.4) is 0 Å². The number of ether oxygens (including phenoxy) is 1. The van der Waals surface area contributed by atoms with E-state index >= 15 is 0 Å². The van der Waals surface area contributed by atoms with Gasteiger partial charge in [0.15, 0.2) is 0 Å². The van der Waals surface area contributed by atoms with Crippen LogP contribution in [0, 0.1) is 5.92 Å². The maximum absolute atomic E-state index is 6.18. The Morgan fingerprint density at radius 2 is 2.16 bits per heavy atom. The summed E-state index contributed by atoms with van der Waals surface area (Å²) in [4.78, 5) is 3.64. The van der Waals surface area contributed by atoms with Crippen molar-refractivity contribution in [3.63, 3.8) is 0 Å². The van der Waals surface area contributed by atoms with E-state index in [1.807, 2.05) is 6.07 Å². The minimum atomic E-state index is 0.0968. The van der Waals surface area contributed by atoms with Gasteiger partial charge < -0.3 is 10.5 Å². The summed E-state index contributed by atoms with van der Waals surface area (Å²) >= 11 is 7.68. The summed E-state index contributed by atoms with van der Waals surface area (Å²) in [6.07, 6.45) is 2.31. The van der Waals surface area contributed by atoms with E-state index in [4.69, 9.17) is 22.1 Å². The van der Waals surface area contributed by atoms with Gasteiger partial charge in [-0.3, -0.25) is 4.90 Å². The quantitative estimate of drug-likeness (QED) is 0.908. The fourth-order valence-electron chi connectivity index (χ4n) is 2.81. The van der Waals surface area contributed by atoms with Crippen molar-refractivity contribution in [3.05, 3.63) is 21.3 Å². The van der Waals surface area contributed by atoms with Crippen molar-refractivity contribution in [2.45, 2.75) is 31.8 Å². The predicted molar refractivity (Wildman–Crippen MR) is 81.9 cm³/mol. The van der Waals surface area contributed by atoms with Crippen LogP contribution < -0.4 is 5.73 Å². The summed E-state index contributed by atoms with van der Waals surface area (Å²) in [5.41, 5.74) is 6.18. The lowest BCUT2D eigenvalue weighted by atomic mass is 9.98. The van der Waals surface area contributed by atoms with Gasteiger partial charge in [-0.25, -0.2) is 0 Å². The second-order valence-electron chi connectivity index (χ2n) is 5.44. The molecule has 0 spiro atoms. The minimum Gasteiger partial charge on any atom is -0.381 e. The zero-order chi connectivity index (χ0) is 13.8. The number of halogens is 1. The van der Waals surface area contributed by atoms with Gasteiger partial charge in [0, 0.05) is 30.7 Å². The molecule has 1 aliphatic rings. The van der Waals surface area contributed by atoms with Crippen molar-refractivity contribution >= 4 is 22.9 Å². The van der Waals surface area contributed by atoms with Crippen LogP contribution in [0.1, 0.15) is 30.7 Å². The molecular formula is C14H23ClN2OS. The first kappa shape index (κ1) is 15.3. The third kappa shape index (κ3) is 4.17. The predicted octanol–water partition coefficient (Wildman–Crippen LogP) is 3.15. The molecule has 2 heterocycles. The number of likely N-dealkylation sites (N-methyl/N-ethyl adjacent to an activating group) is 1. The maximum Gasteiger partial charge on any atom is 0.0931 e. The molecule has 1 aromatic rings. The van der Waals surface area contributed by atoms with E-state index in [0.717, 1.165) is 42.9 Å². The Kier molecular flexibility index (Phi) is 5.66. The molecule has 0 aliphatic carbocycles. The average molecular weight is 303 g/mol. The first-order valence-electron chi connectivity index (χ1n) is 6.86. The molecule has 0 aromatic carbocycles. The summed E-state index contributed by atoms with van der Waals surface area (Å²) in [6, 6.07) is 4.40. The Hall–Kier alpha value is -0.130. The fourth-order valence-corrected chi connectivity index (χ4v) is 4.16. The normalized spacial score (nSPS) is 20.7. The van der Waals surface area contributed by atoms with Crippen LogP contribution in [0.4, 0.5) is 0 Å². The molecule has 19 heavy (non-hydrogen) atoms. The number of nitrogens with zero attached hydrogens (tertiary/aromatic N) is 1. The van der Waals surface area contributed by atoms with Gasteiger partial charge in [0.25, 0.3) is 0 Å². The number of nitrogens with two attached hydrogens (primary N) is 1. The van der Waals surface area contributed by atoms with Crippen molar-refractivity contribution < 1.29 is 4.74 Å². The lowest BCUT2D eigenvalue weighted by Crippen LogP contribution is -2.40. The first-order valence-corrected chi connectivity index (χ1v) is 8.06. The molecule has 0 radical (unpaired) electrons. The summed E-state index contributed by atoms with van der Waals surface area (Å²) in [7, 11) is 2.16. The highest BCUT2D eigenvalue weighted by atomic mass is 35.5. The molecule has 1 aromatic heterocycles. The van der Waals surface area contributed by atoms with E-state index in [1.165, 1.54) is 4.88 Å². The van der Waals surface area contributed by atoms with Gasteiger partial charge in [0.2, 0.25) is 0 Å². The zero-order valence-corrected chi connectivity index (χ0v) is 13.2. The highest BCUT2D eigenvalue weighted by Crippen LogP contribution is 2.32. The van der Waals surface area contributed by atoms with Crippen LogP contribution in [0.5, 0.6) is 0 Å². The van der Waals surface area contributed by atoms with Crippen molar-refractivity contribution in [1.82, 2.24) is 4.90 Å². The molecule has 1 saturated heterocycles. The van der Waals surface area contributed by atoms with E-state index in [1.54, 1.807) is 11.3 Å². The van der Waals surface area contributed by atoms with Crippen LogP contribution in [0.2, 0.25) is 4.34 Å². The number of hydrogen-bond donors (Lipinski definition) is 1. The maximum atomic E-state index is 6.18. The summed E-state index contributed by atoms with van der Waals surface area (Å²) < 4.78 is 6.25. The van der Waals surface area contributed by atoms with Gasteiger partial charge >= 0.3 is 0 Å². The molecule has 108 valence electrons. The highest BCUT2D eigenvalue weighted by molar-refractivity contribution is 7.16. The van der Waals surface area contributed by atoms with Crippen LogP contribution in [-0.4, -0.2) is 37.7 Å². The van der Waals surface area contributed by atoms with Crippen molar-refractivity contribution in [3.8, 4) is 0 Å². The first-order chi connectivity index (χ1) is 9.08. The molecule has 1 aliphatic heterocycles. The lowest BCUT2D eigenvalue weighted by molar-refractivity contribution is 0.0489. The zero-order valence-electron chi connectivity index (χ0n) is 11.6. The second kappa shape index (κ2) is 7.04. The van der Waals surface area contributed by atoms with Gasteiger partial charge in [-0.05, 0) is 44.9 Å². The van der Waals surface area contributed by atoms with E-state index in [2.05, 4.69) is 24.9 Å². The largest absolute Gasteiger partial charge is 0.381 e. The second-order valence-corrected chi connectivity index (χ2v) is 7.19. The molecule has 2 N–H and O–H groups in total. The highest BCUT2D eigenvalue weighted by Gasteiger charge is 2.25. The minimum absolute atomic E-state index is 0.0968. The van der Waals surface area contributed by atoms with E-state index in [0.29, 0.717) is 0 Å². The lowest BCUT2D eigenvalue weighted by Gasteiger charge is -2.34. The Bertz CT molecular complexity index is 391. The average Bonchev–Trinajstić information content (AvgIpc) is 2.76. The topological polar surface area (TPSA) is 38.5 Å². The van der Waals surface area contributed by atoms with Crippen LogP contribution >= 0.6 is 22.9 Å². The Morgan fingerprint density at radius 3 is 2.68 bits per heavy atom. The van der Waals surface area contributed by atoms with E-state index < -0.39 is 0 Å². The van der Waals surface area contributed by atoms with Gasteiger partial charge in [-0.2, -0.15) is 0 Å². The van der Waals surface area contributed by atoms with E-state index in [9.17, 15) is 0 Å². The Balaban J connectivity index is 2.01. The van der Waals surface area contributed by atoms with Crippen molar-refractivity contribution in [2.75, 3.05) is 26.8 Å². The third-order valence-electron chi connectivity index (χ3n) is 3.75. The van der Waals surface area contributed by atoms with Crippen LogP contribution in [0.25, 0.3) is 0 Å². The molecule has 0 amide bonds. The fraction of sp³-hybridized carbons (Fsp3) is 0.714. The Morgan fingerprint density at radius 1 is 1.47 bits per heavy atom.